The van der Waals surface area contributed by atoms with Crippen LogP contribution in [0.5, 0.6) is 0 Å². The van der Waals surface area contributed by atoms with E-state index in [0.717, 1.165) is 28.8 Å². The predicted octanol–water partition coefficient (Wildman–Crippen LogP) is 4.00. The highest BCUT2D eigenvalue weighted by Gasteiger charge is 2.25. The van der Waals surface area contributed by atoms with Crippen molar-refractivity contribution < 1.29 is 9.72 Å². The van der Waals surface area contributed by atoms with E-state index in [1.165, 1.54) is 18.3 Å². The number of fused-ring (bicyclic) bond motifs is 1. The Morgan fingerprint density at radius 1 is 1.40 bits per heavy atom. The van der Waals surface area contributed by atoms with Gasteiger partial charge < -0.3 is 4.90 Å². The number of carbonyl (C=O) groups excluding carboxylic acids is 1. The van der Waals surface area contributed by atoms with Crippen LogP contribution in [0.1, 0.15) is 13.3 Å². The minimum atomic E-state index is -0.473. The highest BCUT2D eigenvalue weighted by molar-refractivity contribution is 8.00. The van der Waals surface area contributed by atoms with Crippen molar-refractivity contribution in [2.75, 3.05) is 17.2 Å². The van der Waals surface area contributed by atoms with Crippen LogP contribution < -0.4 is 4.90 Å². The van der Waals surface area contributed by atoms with Crippen molar-refractivity contribution in [2.45, 2.75) is 28.5 Å². The van der Waals surface area contributed by atoms with Gasteiger partial charge in [-0.05, 0) is 24.6 Å². The normalized spacial score (nSPS) is 16.8. The van der Waals surface area contributed by atoms with Crippen molar-refractivity contribution in [3.63, 3.8) is 0 Å². The number of carbonyl (C=O) groups is 1. The van der Waals surface area contributed by atoms with Crippen LogP contribution in [0.4, 0.5) is 11.4 Å². The molecule has 2 aromatic rings. The first-order valence-electron chi connectivity index (χ1n) is 7.84. The standard InChI is InChI=1S/C17H17N3O3S2/c1-12-8-10-19(13-5-2-3-7-15(13)25-12)16(21)11-24-17-14(20(22)23)6-4-9-18-17/h2-7,9,12H,8,10-11H2,1H3. The molecule has 0 N–H and O–H groups in total. The Morgan fingerprint density at radius 3 is 3.00 bits per heavy atom. The van der Waals surface area contributed by atoms with Crippen LogP contribution in [0.25, 0.3) is 0 Å². The van der Waals surface area contributed by atoms with Gasteiger partial charge in [-0.25, -0.2) is 4.98 Å². The molecule has 0 radical (unpaired) electrons. The Bertz CT molecular complexity index is 800. The Morgan fingerprint density at radius 2 is 2.20 bits per heavy atom. The number of benzene rings is 1. The summed E-state index contributed by atoms with van der Waals surface area (Å²) in [5.41, 5.74) is 0.846. The van der Waals surface area contributed by atoms with E-state index in [1.807, 2.05) is 24.3 Å². The van der Waals surface area contributed by atoms with Crippen molar-refractivity contribution in [2.24, 2.45) is 0 Å². The Hall–Kier alpha value is -2.06. The lowest BCUT2D eigenvalue weighted by molar-refractivity contribution is -0.388. The molecule has 0 saturated carbocycles. The summed E-state index contributed by atoms with van der Waals surface area (Å²) in [6.07, 6.45) is 2.40. The van der Waals surface area contributed by atoms with Gasteiger partial charge in [-0.2, -0.15) is 0 Å². The Balaban J connectivity index is 1.77. The monoisotopic (exact) mass is 375 g/mol. The fourth-order valence-electron chi connectivity index (χ4n) is 2.59. The summed E-state index contributed by atoms with van der Waals surface area (Å²) >= 11 is 2.88. The molecule has 1 atom stereocenters. The largest absolute Gasteiger partial charge is 0.311 e. The van der Waals surface area contributed by atoms with E-state index in [1.54, 1.807) is 16.7 Å². The second kappa shape index (κ2) is 7.88. The maximum absolute atomic E-state index is 12.8. The van der Waals surface area contributed by atoms with Gasteiger partial charge in [0.05, 0.1) is 16.4 Å². The first-order chi connectivity index (χ1) is 12.1. The van der Waals surface area contributed by atoms with Crippen LogP contribution in [-0.2, 0) is 4.79 Å². The van der Waals surface area contributed by atoms with Crippen LogP contribution >= 0.6 is 23.5 Å². The van der Waals surface area contributed by atoms with Gasteiger partial charge in [0.2, 0.25) is 5.91 Å². The summed E-state index contributed by atoms with van der Waals surface area (Å²) in [4.78, 5) is 30.3. The highest BCUT2D eigenvalue weighted by Crippen LogP contribution is 2.37. The zero-order chi connectivity index (χ0) is 17.8. The minimum absolute atomic E-state index is 0.0629. The quantitative estimate of drug-likeness (QED) is 0.457. The third-order valence-corrected chi connectivity index (χ3v) is 6.04. The van der Waals surface area contributed by atoms with Gasteiger partial charge >= 0.3 is 5.69 Å². The number of anilines is 1. The van der Waals surface area contributed by atoms with Crippen LogP contribution in [0.15, 0.2) is 52.5 Å². The van der Waals surface area contributed by atoms with Crippen LogP contribution in [-0.4, -0.2) is 33.4 Å². The van der Waals surface area contributed by atoms with Crippen molar-refractivity contribution >= 4 is 40.8 Å². The second-order valence-electron chi connectivity index (χ2n) is 5.60. The van der Waals surface area contributed by atoms with Crippen molar-refractivity contribution in [3.05, 3.63) is 52.7 Å². The molecular weight excluding hydrogens is 358 g/mol. The third-order valence-electron chi connectivity index (χ3n) is 3.82. The number of hydrogen-bond acceptors (Lipinski definition) is 6. The van der Waals surface area contributed by atoms with E-state index in [9.17, 15) is 14.9 Å². The van der Waals surface area contributed by atoms with E-state index in [2.05, 4.69) is 11.9 Å². The number of para-hydroxylation sites is 1. The zero-order valence-corrected chi connectivity index (χ0v) is 15.3. The van der Waals surface area contributed by atoms with Gasteiger partial charge in [-0.3, -0.25) is 14.9 Å². The number of nitro groups is 1. The van der Waals surface area contributed by atoms with Crippen LogP contribution in [0, 0.1) is 10.1 Å². The number of aromatic nitrogens is 1. The Labute approximate surface area is 154 Å². The molecule has 2 heterocycles. The van der Waals surface area contributed by atoms with E-state index in [4.69, 9.17) is 0 Å². The fourth-order valence-corrected chi connectivity index (χ4v) is 4.54. The van der Waals surface area contributed by atoms with E-state index in [-0.39, 0.29) is 22.4 Å². The molecule has 8 heteroatoms. The molecule has 130 valence electrons. The zero-order valence-electron chi connectivity index (χ0n) is 13.6. The molecule has 6 nitrogen and oxygen atoms in total. The van der Waals surface area contributed by atoms with Crippen molar-refractivity contribution in [1.29, 1.82) is 0 Å². The highest BCUT2D eigenvalue weighted by atomic mass is 32.2. The van der Waals surface area contributed by atoms with Crippen molar-refractivity contribution in [3.8, 4) is 0 Å². The summed E-state index contributed by atoms with van der Waals surface area (Å²) in [7, 11) is 0. The summed E-state index contributed by atoms with van der Waals surface area (Å²) < 4.78 is 0. The molecule has 1 aliphatic heterocycles. The molecule has 0 fully saturated rings. The predicted molar refractivity (Wildman–Crippen MR) is 100 cm³/mol. The summed E-state index contributed by atoms with van der Waals surface area (Å²) in [6.45, 7) is 2.80. The second-order valence-corrected chi connectivity index (χ2v) is 8.05. The smallest absolute Gasteiger partial charge is 0.301 e. The fraction of sp³-hybridized carbons (Fsp3) is 0.294. The van der Waals surface area contributed by atoms with Gasteiger partial charge in [0.15, 0.2) is 5.03 Å². The van der Waals surface area contributed by atoms with Gasteiger partial charge in [0.25, 0.3) is 0 Å². The molecule has 25 heavy (non-hydrogen) atoms. The number of thioether (sulfide) groups is 2. The summed E-state index contributed by atoms with van der Waals surface area (Å²) in [6, 6.07) is 10.8. The average Bonchev–Trinajstić information content (AvgIpc) is 2.78. The minimum Gasteiger partial charge on any atom is -0.311 e. The van der Waals surface area contributed by atoms with Crippen molar-refractivity contribution in [1.82, 2.24) is 4.98 Å². The lowest BCUT2D eigenvalue weighted by Crippen LogP contribution is -2.33. The Kier molecular flexibility index (Phi) is 5.60. The molecule has 0 spiro atoms. The van der Waals surface area contributed by atoms with Crippen LogP contribution in [0.3, 0.4) is 0 Å². The SMILES string of the molecule is CC1CCN(C(=O)CSc2ncccc2[N+](=O)[O-])c2ccccc2S1. The maximum atomic E-state index is 12.8. The van der Waals surface area contributed by atoms with Gasteiger partial charge in [0, 0.05) is 29.0 Å². The lowest BCUT2D eigenvalue weighted by atomic mass is 10.2. The molecule has 0 aliphatic carbocycles. The third kappa shape index (κ3) is 4.13. The van der Waals surface area contributed by atoms with Gasteiger partial charge in [0.1, 0.15) is 0 Å². The first-order valence-corrected chi connectivity index (χ1v) is 9.71. The number of nitrogens with zero attached hydrogens (tertiary/aromatic N) is 3. The molecule has 1 amide bonds. The van der Waals surface area contributed by atoms with E-state index < -0.39 is 4.92 Å². The topological polar surface area (TPSA) is 76.3 Å². The molecule has 1 aromatic heterocycles. The number of rotatable bonds is 4. The maximum Gasteiger partial charge on any atom is 0.301 e. The number of pyridine rings is 1. The lowest BCUT2D eigenvalue weighted by Gasteiger charge is -2.22. The molecule has 0 bridgehead atoms. The molecule has 1 aromatic carbocycles. The molecule has 3 rings (SSSR count). The van der Waals surface area contributed by atoms with E-state index >= 15 is 0 Å². The molecule has 0 saturated heterocycles. The molecular formula is C17H17N3O3S2. The number of hydrogen-bond donors (Lipinski definition) is 0. The summed E-state index contributed by atoms with van der Waals surface area (Å²) in [5.74, 6) is 0.0534. The summed E-state index contributed by atoms with van der Waals surface area (Å²) in [5, 5.41) is 11.8. The first kappa shape index (κ1) is 17.8. The molecule has 1 aliphatic rings. The van der Waals surface area contributed by atoms with Gasteiger partial charge in [-0.1, -0.05) is 30.8 Å². The number of amides is 1. The molecule has 1 unspecified atom stereocenters. The van der Waals surface area contributed by atoms with Crippen LogP contribution in [0.2, 0.25) is 0 Å². The average molecular weight is 375 g/mol. The van der Waals surface area contributed by atoms with E-state index in [0.29, 0.717) is 11.8 Å². The van der Waals surface area contributed by atoms with Gasteiger partial charge in [-0.15, -0.1) is 11.8 Å².